The Morgan fingerprint density at radius 1 is 1.23 bits per heavy atom. The number of nitrogens with zero attached hydrogens (tertiary/aromatic N) is 1. The first-order valence-corrected chi connectivity index (χ1v) is 12.6. The van der Waals surface area contributed by atoms with Crippen molar-refractivity contribution in [2.45, 2.75) is 48.6 Å². The van der Waals surface area contributed by atoms with Crippen LogP contribution in [-0.2, 0) is 28.1 Å². The van der Waals surface area contributed by atoms with E-state index in [1.807, 2.05) is 24.3 Å². The molecule has 2 aliphatic rings. The average Bonchev–Trinajstić information content (AvgIpc) is 2.72. The van der Waals surface area contributed by atoms with Crippen molar-refractivity contribution >= 4 is 15.8 Å². The maximum atomic E-state index is 11.7. The number of fused-ring (bicyclic) bond motifs is 4. The van der Waals surface area contributed by atoms with E-state index in [1.165, 1.54) is 11.8 Å². The minimum absolute atomic E-state index is 0.129. The topological polar surface area (TPSA) is 86.7 Å². The molecule has 2 bridgehead atoms. The number of hydrogen-bond donors (Lipinski definition) is 2. The number of rotatable bonds is 6. The van der Waals surface area contributed by atoms with E-state index in [-0.39, 0.29) is 11.5 Å². The second-order valence-electron chi connectivity index (χ2n) is 9.19. The molecule has 0 saturated carbocycles. The molecule has 0 amide bonds. The van der Waals surface area contributed by atoms with Crippen molar-refractivity contribution < 1.29 is 18.3 Å². The number of carboxylic acids is 1. The number of piperidine rings is 1. The molecule has 1 aliphatic carbocycles. The number of hydrogen-bond acceptors (Lipinski definition) is 5. The van der Waals surface area contributed by atoms with E-state index in [0.717, 1.165) is 43.5 Å². The summed E-state index contributed by atoms with van der Waals surface area (Å²) in [5, 5.41) is 13.2. The van der Waals surface area contributed by atoms with Gasteiger partial charge in [-0.3, -0.25) is 0 Å². The van der Waals surface area contributed by atoms with E-state index >= 15 is 0 Å². The molecule has 6 nitrogen and oxygen atoms in total. The van der Waals surface area contributed by atoms with Gasteiger partial charge in [-0.2, -0.15) is 0 Å². The summed E-state index contributed by atoms with van der Waals surface area (Å²) in [5.41, 5.74) is 3.72. The fraction of sp³-hybridized carbons (Fsp3) is 0.458. The quantitative estimate of drug-likeness (QED) is 0.715. The third-order valence-corrected chi connectivity index (χ3v) is 8.28. The zero-order valence-electron chi connectivity index (χ0n) is 18.3. The monoisotopic (exact) mass is 442 g/mol. The molecule has 2 aromatic rings. The summed E-state index contributed by atoms with van der Waals surface area (Å²) >= 11 is 0. The third kappa shape index (κ3) is 4.14. The van der Waals surface area contributed by atoms with Gasteiger partial charge < -0.3 is 15.3 Å². The standard InChI is InChI=1S/C24H30N2O4S/c1-24-11-13-26(2)21(15-17-6-7-18(23(27)28)14-20(17)24)22(24)25-12-10-16-4-8-19(9-5-16)31(3,29)30/h4-9,14,21-22,25H,10-13,15H2,1-3H3,(H,27,28)/t21-,22+,24+/m1/s1. The van der Waals surface area contributed by atoms with Gasteiger partial charge in [0, 0.05) is 23.8 Å². The lowest BCUT2D eigenvalue weighted by atomic mass is 9.61. The molecule has 7 heteroatoms. The molecule has 0 aromatic heterocycles. The Morgan fingerprint density at radius 3 is 2.58 bits per heavy atom. The van der Waals surface area contributed by atoms with Gasteiger partial charge in [0.05, 0.1) is 10.5 Å². The van der Waals surface area contributed by atoms with Crippen molar-refractivity contribution in [3.63, 3.8) is 0 Å². The van der Waals surface area contributed by atoms with Gasteiger partial charge in [-0.15, -0.1) is 0 Å². The largest absolute Gasteiger partial charge is 0.478 e. The van der Waals surface area contributed by atoms with Crippen LogP contribution in [0.25, 0.3) is 0 Å². The van der Waals surface area contributed by atoms with Crippen molar-refractivity contribution in [2.75, 3.05) is 26.4 Å². The van der Waals surface area contributed by atoms with E-state index in [0.29, 0.717) is 16.5 Å². The summed E-state index contributed by atoms with van der Waals surface area (Å²) in [6, 6.07) is 13.2. The number of carbonyl (C=O) groups is 1. The van der Waals surface area contributed by atoms with Gasteiger partial charge in [-0.1, -0.05) is 25.1 Å². The van der Waals surface area contributed by atoms with Crippen LogP contribution >= 0.6 is 0 Å². The average molecular weight is 443 g/mol. The fourth-order valence-corrected chi connectivity index (χ4v) is 5.90. The number of likely N-dealkylation sites (tertiary alicyclic amines) is 1. The smallest absolute Gasteiger partial charge is 0.335 e. The Labute approximate surface area is 184 Å². The van der Waals surface area contributed by atoms with Gasteiger partial charge in [0.15, 0.2) is 9.84 Å². The van der Waals surface area contributed by atoms with Gasteiger partial charge in [-0.05, 0) is 80.4 Å². The molecule has 1 heterocycles. The van der Waals surface area contributed by atoms with Crippen LogP contribution in [0, 0.1) is 0 Å². The summed E-state index contributed by atoms with van der Waals surface area (Å²) in [6.45, 7) is 4.02. The molecule has 31 heavy (non-hydrogen) atoms. The van der Waals surface area contributed by atoms with Crippen LogP contribution in [0.3, 0.4) is 0 Å². The number of benzene rings is 2. The highest BCUT2D eigenvalue weighted by Crippen LogP contribution is 2.44. The predicted octanol–water partition coefficient (Wildman–Crippen LogP) is 2.51. The zero-order valence-corrected chi connectivity index (χ0v) is 19.1. The van der Waals surface area contributed by atoms with E-state index in [9.17, 15) is 18.3 Å². The first kappa shape index (κ1) is 22.0. The number of nitrogens with one attached hydrogen (secondary N) is 1. The Bertz CT molecular complexity index is 1100. The van der Waals surface area contributed by atoms with Crippen molar-refractivity contribution in [3.8, 4) is 0 Å². The lowest BCUT2D eigenvalue weighted by Gasteiger charge is -2.55. The third-order valence-electron chi connectivity index (χ3n) is 7.15. The van der Waals surface area contributed by atoms with Gasteiger partial charge in [-0.25, -0.2) is 13.2 Å². The molecule has 0 radical (unpaired) electrons. The summed E-state index contributed by atoms with van der Waals surface area (Å²) in [5.74, 6) is -0.886. The van der Waals surface area contributed by atoms with Crippen molar-refractivity contribution in [2.24, 2.45) is 0 Å². The summed E-state index contributed by atoms with van der Waals surface area (Å²) < 4.78 is 23.3. The summed E-state index contributed by atoms with van der Waals surface area (Å²) in [7, 11) is -1.02. The minimum Gasteiger partial charge on any atom is -0.478 e. The van der Waals surface area contributed by atoms with E-state index < -0.39 is 15.8 Å². The SMILES string of the molecule is CN1CC[C@@]2(C)c3cc(C(=O)O)ccc3C[C@@H]1[C@@H]2NCCc1ccc(S(C)(=O)=O)cc1. The highest BCUT2D eigenvalue weighted by molar-refractivity contribution is 7.90. The Morgan fingerprint density at radius 2 is 1.94 bits per heavy atom. The lowest BCUT2D eigenvalue weighted by molar-refractivity contribution is 0.0654. The molecule has 0 unspecified atom stereocenters. The van der Waals surface area contributed by atoms with Gasteiger partial charge >= 0.3 is 5.97 Å². The van der Waals surface area contributed by atoms with Crippen molar-refractivity contribution in [1.82, 2.24) is 10.2 Å². The Balaban J connectivity index is 1.54. The lowest BCUT2D eigenvalue weighted by Crippen LogP contribution is -2.66. The van der Waals surface area contributed by atoms with Crippen molar-refractivity contribution in [1.29, 1.82) is 0 Å². The maximum absolute atomic E-state index is 11.7. The summed E-state index contributed by atoms with van der Waals surface area (Å²) in [4.78, 5) is 14.3. The molecular formula is C24H30N2O4S. The van der Waals surface area contributed by atoms with E-state index in [2.05, 4.69) is 24.2 Å². The normalized spacial score (nSPS) is 25.8. The fourth-order valence-electron chi connectivity index (χ4n) is 5.27. The molecule has 3 atom stereocenters. The first-order chi connectivity index (χ1) is 14.6. The van der Waals surface area contributed by atoms with Crippen LogP contribution in [0.1, 0.15) is 40.4 Å². The van der Waals surface area contributed by atoms with Crippen LogP contribution in [0.5, 0.6) is 0 Å². The minimum atomic E-state index is -3.18. The molecule has 1 fully saturated rings. The van der Waals surface area contributed by atoms with Crippen LogP contribution in [0.15, 0.2) is 47.4 Å². The van der Waals surface area contributed by atoms with Crippen molar-refractivity contribution in [3.05, 3.63) is 64.7 Å². The number of aromatic carboxylic acids is 1. The van der Waals surface area contributed by atoms with Gasteiger partial charge in [0.25, 0.3) is 0 Å². The first-order valence-electron chi connectivity index (χ1n) is 10.7. The van der Waals surface area contributed by atoms with Crippen LogP contribution in [-0.4, -0.2) is 62.9 Å². The molecule has 0 spiro atoms. The Hall–Kier alpha value is -2.22. The zero-order chi connectivity index (χ0) is 22.4. The molecule has 2 aromatic carbocycles. The maximum Gasteiger partial charge on any atom is 0.335 e. The Kier molecular flexibility index (Phi) is 5.70. The highest BCUT2D eigenvalue weighted by atomic mass is 32.2. The van der Waals surface area contributed by atoms with Gasteiger partial charge in [0.2, 0.25) is 0 Å². The highest BCUT2D eigenvalue weighted by Gasteiger charge is 2.49. The molecule has 4 rings (SSSR count). The number of likely N-dealkylation sites (N-methyl/N-ethyl adjacent to an activating group) is 1. The molecule has 1 saturated heterocycles. The number of sulfone groups is 1. The summed E-state index contributed by atoms with van der Waals surface area (Å²) in [6.07, 6.45) is 3.89. The molecule has 166 valence electrons. The second kappa shape index (κ2) is 8.04. The molecular weight excluding hydrogens is 412 g/mol. The predicted molar refractivity (Wildman–Crippen MR) is 121 cm³/mol. The molecule has 1 aliphatic heterocycles. The second-order valence-corrected chi connectivity index (χ2v) is 11.2. The number of carboxylic acid groups (broad SMARTS) is 1. The molecule has 2 N–H and O–H groups in total. The van der Waals surface area contributed by atoms with Crippen LogP contribution in [0.2, 0.25) is 0 Å². The van der Waals surface area contributed by atoms with E-state index in [4.69, 9.17) is 0 Å². The van der Waals surface area contributed by atoms with Crippen LogP contribution < -0.4 is 5.32 Å². The van der Waals surface area contributed by atoms with Gasteiger partial charge in [0.1, 0.15) is 0 Å². The van der Waals surface area contributed by atoms with E-state index in [1.54, 1.807) is 18.2 Å². The van der Waals surface area contributed by atoms with Crippen LogP contribution in [0.4, 0.5) is 0 Å².